The second-order valence-corrected chi connectivity index (χ2v) is 4.22. The highest BCUT2D eigenvalue weighted by Crippen LogP contribution is 2.31. The van der Waals surface area contributed by atoms with Gasteiger partial charge in [0.15, 0.2) is 11.6 Å². The van der Waals surface area contributed by atoms with Crippen LogP contribution in [0.15, 0.2) is 36.5 Å². The fourth-order valence-electron chi connectivity index (χ4n) is 2.16. The SMILES string of the molecule is Cc1ccc2[nH]ncc2c1-c1ccc(F)c(F)c1. The third-order valence-corrected chi connectivity index (χ3v) is 3.04. The van der Waals surface area contributed by atoms with E-state index < -0.39 is 11.6 Å². The number of hydrogen-bond acceptors (Lipinski definition) is 1. The van der Waals surface area contributed by atoms with Crippen molar-refractivity contribution < 1.29 is 8.78 Å². The third kappa shape index (κ3) is 1.57. The fraction of sp³-hybridized carbons (Fsp3) is 0.0714. The van der Waals surface area contributed by atoms with Crippen LogP contribution in [-0.2, 0) is 0 Å². The molecule has 0 saturated carbocycles. The summed E-state index contributed by atoms with van der Waals surface area (Å²) in [6.07, 6.45) is 1.69. The van der Waals surface area contributed by atoms with Crippen molar-refractivity contribution in [2.24, 2.45) is 0 Å². The highest BCUT2D eigenvalue weighted by Gasteiger charge is 2.11. The van der Waals surface area contributed by atoms with Crippen LogP contribution in [0, 0.1) is 18.6 Å². The summed E-state index contributed by atoms with van der Waals surface area (Å²) in [4.78, 5) is 0. The van der Waals surface area contributed by atoms with E-state index in [4.69, 9.17) is 0 Å². The van der Waals surface area contributed by atoms with Gasteiger partial charge in [0.05, 0.1) is 11.7 Å². The Morgan fingerprint density at radius 1 is 1.06 bits per heavy atom. The molecule has 0 atom stereocenters. The van der Waals surface area contributed by atoms with E-state index in [2.05, 4.69) is 10.2 Å². The van der Waals surface area contributed by atoms with E-state index in [0.29, 0.717) is 5.56 Å². The number of rotatable bonds is 1. The predicted molar refractivity (Wildman–Crippen MR) is 66.2 cm³/mol. The first-order chi connectivity index (χ1) is 8.66. The van der Waals surface area contributed by atoms with Crippen LogP contribution in [0.2, 0.25) is 0 Å². The number of halogens is 2. The normalized spacial score (nSPS) is 11.1. The molecule has 1 aromatic heterocycles. The van der Waals surface area contributed by atoms with Crippen molar-refractivity contribution in [3.05, 3.63) is 53.7 Å². The number of fused-ring (bicyclic) bond motifs is 1. The molecule has 18 heavy (non-hydrogen) atoms. The number of nitrogens with zero attached hydrogens (tertiary/aromatic N) is 1. The minimum Gasteiger partial charge on any atom is -0.278 e. The van der Waals surface area contributed by atoms with Crippen LogP contribution >= 0.6 is 0 Å². The molecule has 0 fully saturated rings. The molecule has 0 amide bonds. The molecule has 90 valence electrons. The molecule has 1 N–H and O–H groups in total. The summed E-state index contributed by atoms with van der Waals surface area (Å²) in [7, 11) is 0. The molecule has 3 aromatic rings. The number of benzene rings is 2. The highest BCUT2D eigenvalue weighted by atomic mass is 19.2. The van der Waals surface area contributed by atoms with Crippen molar-refractivity contribution in [2.45, 2.75) is 6.92 Å². The molecule has 0 bridgehead atoms. The molecular weight excluding hydrogens is 234 g/mol. The topological polar surface area (TPSA) is 28.7 Å². The Kier molecular flexibility index (Phi) is 2.37. The van der Waals surface area contributed by atoms with Crippen LogP contribution in [0.5, 0.6) is 0 Å². The van der Waals surface area contributed by atoms with Crippen LogP contribution in [0.4, 0.5) is 8.78 Å². The highest BCUT2D eigenvalue weighted by molar-refractivity contribution is 5.96. The van der Waals surface area contributed by atoms with Crippen LogP contribution in [-0.4, -0.2) is 10.2 Å². The predicted octanol–water partition coefficient (Wildman–Crippen LogP) is 3.82. The van der Waals surface area contributed by atoms with Crippen molar-refractivity contribution in [3.8, 4) is 11.1 Å². The summed E-state index contributed by atoms with van der Waals surface area (Å²) < 4.78 is 26.3. The maximum atomic E-state index is 13.3. The molecule has 0 aliphatic heterocycles. The summed E-state index contributed by atoms with van der Waals surface area (Å²) >= 11 is 0. The standard InChI is InChI=1S/C14H10F2N2/c1-8-2-5-13-10(7-17-18-13)14(8)9-3-4-11(15)12(16)6-9/h2-7H,1H3,(H,17,18). The van der Waals surface area contributed by atoms with E-state index in [1.54, 1.807) is 12.3 Å². The zero-order valence-corrected chi connectivity index (χ0v) is 9.67. The number of aryl methyl sites for hydroxylation is 1. The van der Waals surface area contributed by atoms with Crippen molar-refractivity contribution in [1.82, 2.24) is 10.2 Å². The van der Waals surface area contributed by atoms with Crippen LogP contribution in [0.1, 0.15) is 5.56 Å². The number of aromatic amines is 1. The Morgan fingerprint density at radius 2 is 1.89 bits per heavy atom. The van der Waals surface area contributed by atoms with Gasteiger partial charge in [-0.05, 0) is 41.8 Å². The molecule has 2 aromatic carbocycles. The van der Waals surface area contributed by atoms with Gasteiger partial charge < -0.3 is 0 Å². The first-order valence-corrected chi connectivity index (χ1v) is 5.55. The summed E-state index contributed by atoms with van der Waals surface area (Å²) in [5.74, 6) is -1.68. The average molecular weight is 244 g/mol. The molecule has 0 unspecified atom stereocenters. The zero-order chi connectivity index (χ0) is 12.7. The number of aromatic nitrogens is 2. The molecule has 0 spiro atoms. The fourth-order valence-corrected chi connectivity index (χ4v) is 2.16. The van der Waals surface area contributed by atoms with Crippen LogP contribution < -0.4 is 0 Å². The Balaban J connectivity index is 2.33. The van der Waals surface area contributed by atoms with Gasteiger partial charge >= 0.3 is 0 Å². The van der Waals surface area contributed by atoms with Gasteiger partial charge in [-0.25, -0.2) is 8.78 Å². The van der Waals surface area contributed by atoms with Crippen LogP contribution in [0.25, 0.3) is 22.0 Å². The smallest absolute Gasteiger partial charge is 0.159 e. The largest absolute Gasteiger partial charge is 0.278 e. The van der Waals surface area contributed by atoms with Gasteiger partial charge in [0.25, 0.3) is 0 Å². The molecule has 0 saturated heterocycles. The Morgan fingerprint density at radius 3 is 2.67 bits per heavy atom. The van der Waals surface area contributed by atoms with E-state index >= 15 is 0 Å². The van der Waals surface area contributed by atoms with Crippen molar-refractivity contribution >= 4 is 10.9 Å². The first kappa shape index (κ1) is 10.9. The lowest BCUT2D eigenvalue weighted by molar-refractivity contribution is 0.509. The van der Waals surface area contributed by atoms with E-state index in [1.807, 2.05) is 19.1 Å². The lowest BCUT2D eigenvalue weighted by atomic mass is 9.97. The Labute approximate surface area is 102 Å². The molecular formula is C14H10F2N2. The minimum absolute atomic E-state index is 0.651. The van der Waals surface area contributed by atoms with E-state index in [0.717, 1.165) is 28.1 Å². The molecule has 0 aliphatic carbocycles. The molecule has 0 radical (unpaired) electrons. The molecule has 3 rings (SSSR count). The summed E-state index contributed by atoms with van der Waals surface area (Å²) in [6.45, 7) is 1.93. The third-order valence-electron chi connectivity index (χ3n) is 3.04. The zero-order valence-electron chi connectivity index (χ0n) is 9.67. The van der Waals surface area contributed by atoms with Gasteiger partial charge in [-0.15, -0.1) is 0 Å². The summed E-state index contributed by atoms with van der Waals surface area (Å²) in [5.41, 5.74) is 3.40. The molecule has 1 heterocycles. The molecule has 0 aliphatic rings. The van der Waals surface area contributed by atoms with Gasteiger partial charge in [-0.1, -0.05) is 12.1 Å². The maximum absolute atomic E-state index is 13.3. The van der Waals surface area contributed by atoms with Crippen molar-refractivity contribution in [1.29, 1.82) is 0 Å². The monoisotopic (exact) mass is 244 g/mol. The lowest BCUT2D eigenvalue weighted by Crippen LogP contribution is -1.88. The number of hydrogen-bond donors (Lipinski definition) is 1. The van der Waals surface area contributed by atoms with Gasteiger partial charge in [0.2, 0.25) is 0 Å². The van der Waals surface area contributed by atoms with E-state index in [1.165, 1.54) is 6.07 Å². The molecule has 2 nitrogen and oxygen atoms in total. The van der Waals surface area contributed by atoms with Crippen LogP contribution in [0.3, 0.4) is 0 Å². The van der Waals surface area contributed by atoms with E-state index in [-0.39, 0.29) is 0 Å². The van der Waals surface area contributed by atoms with Gasteiger partial charge in [0, 0.05) is 5.39 Å². The van der Waals surface area contributed by atoms with Gasteiger partial charge in [0.1, 0.15) is 0 Å². The maximum Gasteiger partial charge on any atom is 0.159 e. The Bertz CT molecular complexity index is 732. The Hall–Kier alpha value is -2.23. The summed E-state index contributed by atoms with van der Waals surface area (Å²) in [5, 5.41) is 7.74. The van der Waals surface area contributed by atoms with Crippen molar-refractivity contribution in [3.63, 3.8) is 0 Å². The van der Waals surface area contributed by atoms with Gasteiger partial charge in [-0.3, -0.25) is 5.10 Å². The first-order valence-electron chi connectivity index (χ1n) is 5.55. The lowest BCUT2D eigenvalue weighted by Gasteiger charge is -2.08. The molecule has 4 heteroatoms. The van der Waals surface area contributed by atoms with Gasteiger partial charge in [-0.2, -0.15) is 5.10 Å². The minimum atomic E-state index is -0.840. The summed E-state index contributed by atoms with van der Waals surface area (Å²) in [6, 6.07) is 7.78. The average Bonchev–Trinajstić information content (AvgIpc) is 2.81. The van der Waals surface area contributed by atoms with E-state index in [9.17, 15) is 8.78 Å². The number of H-pyrrole nitrogens is 1. The second kappa shape index (κ2) is 3.91. The van der Waals surface area contributed by atoms with Crippen molar-refractivity contribution in [2.75, 3.05) is 0 Å². The number of nitrogens with one attached hydrogen (secondary N) is 1. The second-order valence-electron chi connectivity index (χ2n) is 4.22. The quantitative estimate of drug-likeness (QED) is 0.692.